The monoisotopic (exact) mass is 424 g/mol. The SMILES string of the molecule is COc1c([C@@H]2OC(C(=O)CC(C)C)=C(C)[C@H]3CC[C@H](C)[C@H]32)c(=O)oc2cccc(C)c12. The van der Waals surface area contributed by atoms with Gasteiger partial charge in [0.15, 0.2) is 11.5 Å². The smallest absolute Gasteiger partial charge is 0.347 e. The van der Waals surface area contributed by atoms with E-state index in [0.29, 0.717) is 35.0 Å². The molecule has 4 atom stereocenters. The number of hydrogen-bond acceptors (Lipinski definition) is 5. The van der Waals surface area contributed by atoms with Crippen LogP contribution in [0.1, 0.15) is 64.2 Å². The third kappa shape index (κ3) is 3.58. The summed E-state index contributed by atoms with van der Waals surface area (Å²) >= 11 is 0. The highest BCUT2D eigenvalue weighted by Gasteiger charge is 2.48. The maximum absolute atomic E-state index is 13.2. The molecule has 1 aliphatic carbocycles. The largest absolute Gasteiger partial charge is 0.495 e. The zero-order chi connectivity index (χ0) is 22.4. The Morgan fingerprint density at radius 2 is 1.97 bits per heavy atom. The molecule has 0 unspecified atom stereocenters. The molecule has 2 aromatic rings. The zero-order valence-electron chi connectivity index (χ0n) is 19.3. The fourth-order valence-corrected chi connectivity index (χ4v) is 5.56. The minimum Gasteiger partial charge on any atom is -0.495 e. The van der Waals surface area contributed by atoms with Crippen LogP contribution in [0, 0.1) is 30.6 Å². The van der Waals surface area contributed by atoms with Crippen LogP contribution in [0.2, 0.25) is 0 Å². The minimum atomic E-state index is -0.562. The molecule has 1 aliphatic heterocycles. The van der Waals surface area contributed by atoms with E-state index in [-0.39, 0.29) is 23.5 Å². The number of Topliss-reactive ketones (excluding diaryl/α,β-unsaturated/α-hetero) is 1. The number of ketones is 1. The van der Waals surface area contributed by atoms with Crippen LogP contribution in [0.5, 0.6) is 5.75 Å². The third-order valence-electron chi connectivity index (χ3n) is 7.03. The van der Waals surface area contributed by atoms with E-state index in [1.165, 1.54) is 0 Å². The van der Waals surface area contributed by atoms with Crippen molar-refractivity contribution >= 4 is 16.8 Å². The van der Waals surface area contributed by atoms with Gasteiger partial charge in [-0.25, -0.2) is 4.79 Å². The number of aryl methyl sites for hydroxylation is 1. The molecule has 31 heavy (non-hydrogen) atoms. The average molecular weight is 425 g/mol. The van der Waals surface area contributed by atoms with Crippen molar-refractivity contribution in [3.05, 3.63) is 51.1 Å². The summed E-state index contributed by atoms with van der Waals surface area (Å²) < 4.78 is 18.0. The van der Waals surface area contributed by atoms with Crippen LogP contribution in [0.25, 0.3) is 11.0 Å². The van der Waals surface area contributed by atoms with Gasteiger partial charge in [-0.1, -0.05) is 32.9 Å². The van der Waals surface area contributed by atoms with E-state index < -0.39 is 11.7 Å². The number of allylic oxidation sites excluding steroid dienone is 2. The van der Waals surface area contributed by atoms with Crippen molar-refractivity contribution in [3.8, 4) is 5.75 Å². The Bertz CT molecular complexity index is 1110. The molecule has 166 valence electrons. The first-order valence-corrected chi connectivity index (χ1v) is 11.3. The van der Waals surface area contributed by atoms with Crippen molar-refractivity contribution in [2.45, 2.75) is 60.0 Å². The molecule has 0 amide bonds. The van der Waals surface area contributed by atoms with Gasteiger partial charge in [0.1, 0.15) is 23.0 Å². The second kappa shape index (κ2) is 8.18. The van der Waals surface area contributed by atoms with Gasteiger partial charge in [-0.2, -0.15) is 0 Å². The van der Waals surface area contributed by atoms with E-state index in [1.807, 2.05) is 39.8 Å². The molecule has 1 aromatic carbocycles. The maximum Gasteiger partial charge on any atom is 0.347 e. The molecular formula is C26H32O5. The summed E-state index contributed by atoms with van der Waals surface area (Å²) in [6.07, 6.45) is 1.90. The van der Waals surface area contributed by atoms with Crippen LogP contribution >= 0.6 is 0 Å². The van der Waals surface area contributed by atoms with Crippen molar-refractivity contribution < 1.29 is 18.7 Å². The van der Waals surface area contributed by atoms with E-state index in [1.54, 1.807) is 13.2 Å². The Labute approximate surface area is 183 Å². The van der Waals surface area contributed by atoms with Gasteiger partial charge in [-0.3, -0.25) is 4.79 Å². The fourth-order valence-electron chi connectivity index (χ4n) is 5.56. The van der Waals surface area contributed by atoms with Gasteiger partial charge >= 0.3 is 5.63 Å². The molecule has 0 bridgehead atoms. The van der Waals surface area contributed by atoms with Gasteiger partial charge in [-0.05, 0) is 61.6 Å². The highest BCUT2D eigenvalue weighted by atomic mass is 16.5. The van der Waals surface area contributed by atoms with Gasteiger partial charge in [0.05, 0.1) is 12.5 Å². The first-order valence-electron chi connectivity index (χ1n) is 11.3. The van der Waals surface area contributed by atoms with Crippen molar-refractivity contribution in [1.82, 2.24) is 0 Å². The Hall–Kier alpha value is -2.56. The lowest BCUT2D eigenvalue weighted by Crippen LogP contribution is -2.34. The van der Waals surface area contributed by atoms with Crippen molar-refractivity contribution in [3.63, 3.8) is 0 Å². The molecule has 4 rings (SSSR count). The van der Waals surface area contributed by atoms with Gasteiger partial charge < -0.3 is 13.9 Å². The minimum absolute atomic E-state index is 0.0100. The van der Waals surface area contributed by atoms with E-state index in [9.17, 15) is 9.59 Å². The van der Waals surface area contributed by atoms with Crippen LogP contribution in [-0.4, -0.2) is 12.9 Å². The fraction of sp³-hybridized carbons (Fsp3) is 0.538. The van der Waals surface area contributed by atoms with Crippen LogP contribution in [-0.2, 0) is 9.53 Å². The molecular weight excluding hydrogens is 392 g/mol. The molecule has 0 saturated heterocycles. The van der Waals surface area contributed by atoms with E-state index in [0.717, 1.165) is 29.4 Å². The van der Waals surface area contributed by atoms with Gasteiger partial charge in [0.2, 0.25) is 0 Å². The van der Waals surface area contributed by atoms with Crippen molar-refractivity contribution in [1.29, 1.82) is 0 Å². The highest BCUT2D eigenvalue weighted by Crippen LogP contribution is 2.54. The summed E-state index contributed by atoms with van der Waals surface area (Å²) in [5.74, 6) is 1.87. The number of ether oxygens (including phenoxy) is 2. The van der Waals surface area contributed by atoms with Crippen molar-refractivity contribution in [2.24, 2.45) is 23.7 Å². The first kappa shape index (κ1) is 21.7. The predicted octanol–water partition coefficient (Wildman–Crippen LogP) is 5.73. The Morgan fingerprint density at radius 1 is 1.23 bits per heavy atom. The molecule has 1 saturated carbocycles. The summed E-state index contributed by atoms with van der Waals surface area (Å²) in [6, 6.07) is 5.61. The second-order valence-corrected chi connectivity index (χ2v) is 9.59. The molecule has 0 radical (unpaired) electrons. The Kier molecular flexibility index (Phi) is 5.71. The standard InChI is InChI=1S/C26H32O5/c1-13(2)12-18(27)23-16(5)17-11-10-15(4)20(17)25(31-23)22-24(29-6)21-14(3)8-7-9-19(21)30-26(22)28/h7-9,13,15,17,20,25H,10-12H2,1-6H3/t15-,17+,20+,25+/m0/s1. The lowest BCUT2D eigenvalue weighted by Gasteiger charge is -2.38. The summed E-state index contributed by atoms with van der Waals surface area (Å²) in [7, 11) is 1.58. The lowest BCUT2D eigenvalue weighted by atomic mass is 9.76. The average Bonchev–Trinajstić information content (AvgIpc) is 3.10. The van der Waals surface area contributed by atoms with E-state index in [2.05, 4.69) is 6.92 Å². The molecule has 0 N–H and O–H groups in total. The molecule has 0 spiro atoms. The Morgan fingerprint density at radius 3 is 2.65 bits per heavy atom. The van der Waals surface area contributed by atoms with E-state index >= 15 is 0 Å². The molecule has 5 heteroatoms. The number of rotatable bonds is 5. The normalized spacial score (nSPS) is 25.6. The summed E-state index contributed by atoms with van der Waals surface area (Å²) in [4.78, 5) is 26.3. The summed E-state index contributed by atoms with van der Waals surface area (Å²) in [5, 5.41) is 0.784. The molecule has 1 aromatic heterocycles. The highest BCUT2D eigenvalue weighted by molar-refractivity contribution is 5.94. The van der Waals surface area contributed by atoms with Crippen LogP contribution in [0.4, 0.5) is 0 Å². The molecule has 2 heterocycles. The molecule has 5 nitrogen and oxygen atoms in total. The number of carbonyl (C=O) groups is 1. The van der Waals surface area contributed by atoms with Crippen LogP contribution in [0.3, 0.4) is 0 Å². The third-order valence-corrected chi connectivity index (χ3v) is 7.03. The van der Waals surface area contributed by atoms with Gasteiger partial charge in [-0.15, -0.1) is 0 Å². The number of methoxy groups -OCH3 is 1. The van der Waals surface area contributed by atoms with Crippen molar-refractivity contribution in [2.75, 3.05) is 7.11 Å². The number of fused-ring (bicyclic) bond motifs is 2. The van der Waals surface area contributed by atoms with E-state index in [4.69, 9.17) is 13.9 Å². The summed E-state index contributed by atoms with van der Waals surface area (Å²) in [6.45, 7) is 10.2. The van der Waals surface area contributed by atoms with Gasteiger partial charge in [0, 0.05) is 12.3 Å². The van der Waals surface area contributed by atoms with Crippen LogP contribution in [0.15, 0.2) is 38.7 Å². The Balaban J connectivity index is 1.92. The zero-order valence-corrected chi connectivity index (χ0v) is 19.3. The predicted molar refractivity (Wildman–Crippen MR) is 120 cm³/mol. The maximum atomic E-state index is 13.2. The first-order chi connectivity index (χ1) is 14.7. The summed E-state index contributed by atoms with van der Waals surface area (Å²) in [5.41, 5.74) is 2.44. The second-order valence-electron chi connectivity index (χ2n) is 9.59. The van der Waals surface area contributed by atoms with Crippen LogP contribution < -0.4 is 10.4 Å². The van der Waals surface area contributed by atoms with Gasteiger partial charge in [0.25, 0.3) is 0 Å². The molecule has 1 fully saturated rings. The number of hydrogen-bond donors (Lipinski definition) is 0. The number of carbonyl (C=O) groups excluding carboxylic acids is 1. The topological polar surface area (TPSA) is 65.7 Å². The number of benzene rings is 1. The molecule has 2 aliphatic rings. The lowest BCUT2D eigenvalue weighted by molar-refractivity contribution is -0.123. The quantitative estimate of drug-likeness (QED) is 0.573.